The van der Waals surface area contributed by atoms with Crippen molar-refractivity contribution in [3.05, 3.63) is 17.0 Å². The van der Waals surface area contributed by atoms with Gasteiger partial charge < -0.3 is 15.5 Å². The van der Waals surface area contributed by atoms with Crippen LogP contribution in [0.3, 0.4) is 0 Å². The maximum atomic E-state index is 12.0. The van der Waals surface area contributed by atoms with Crippen molar-refractivity contribution in [3.63, 3.8) is 0 Å². The number of nitrogens with one attached hydrogen (secondary N) is 2. The summed E-state index contributed by atoms with van der Waals surface area (Å²) in [7, 11) is 3.96. The number of rotatable bonds is 6. The third-order valence-electron chi connectivity index (χ3n) is 3.46. The van der Waals surface area contributed by atoms with Crippen LogP contribution < -0.4 is 10.6 Å². The van der Waals surface area contributed by atoms with E-state index in [2.05, 4.69) is 22.5 Å². The van der Waals surface area contributed by atoms with Crippen molar-refractivity contribution < 1.29 is 9.59 Å². The second-order valence-corrected chi connectivity index (χ2v) is 6.53. The Morgan fingerprint density at radius 1 is 1.40 bits per heavy atom. The van der Waals surface area contributed by atoms with Crippen LogP contribution in [-0.4, -0.2) is 43.4 Å². The summed E-state index contributed by atoms with van der Waals surface area (Å²) in [4.78, 5) is 26.3. The minimum Gasteiger partial charge on any atom is -0.350 e. The van der Waals surface area contributed by atoms with E-state index in [9.17, 15) is 9.59 Å². The number of hydrogen-bond acceptors (Lipinski definition) is 4. The van der Waals surface area contributed by atoms with Crippen LogP contribution in [0.1, 0.15) is 29.4 Å². The first-order valence-corrected chi connectivity index (χ1v) is 7.64. The lowest BCUT2D eigenvalue weighted by Gasteiger charge is -2.19. The minimum atomic E-state index is -0.0874. The van der Waals surface area contributed by atoms with Crippen LogP contribution in [0.15, 0.2) is 12.1 Å². The molecule has 0 aromatic carbocycles. The van der Waals surface area contributed by atoms with E-state index in [-0.39, 0.29) is 23.8 Å². The summed E-state index contributed by atoms with van der Waals surface area (Å²) in [6.07, 6.45) is 1.96. The van der Waals surface area contributed by atoms with Gasteiger partial charge in [0.1, 0.15) is 0 Å². The second kappa shape index (κ2) is 6.37. The van der Waals surface area contributed by atoms with E-state index in [0.717, 1.165) is 17.8 Å². The monoisotopic (exact) mass is 295 g/mol. The molecule has 1 atom stereocenters. The Morgan fingerprint density at radius 2 is 2.10 bits per heavy atom. The largest absolute Gasteiger partial charge is 0.350 e. The second-order valence-electron chi connectivity index (χ2n) is 5.45. The van der Waals surface area contributed by atoms with Crippen LogP contribution in [0.25, 0.3) is 0 Å². The summed E-state index contributed by atoms with van der Waals surface area (Å²) in [5.41, 5.74) is 0. The first kappa shape index (κ1) is 15.0. The van der Waals surface area contributed by atoms with Gasteiger partial charge in [0.2, 0.25) is 5.91 Å². The summed E-state index contributed by atoms with van der Waals surface area (Å²) < 4.78 is 0. The van der Waals surface area contributed by atoms with Crippen LogP contribution in [0.2, 0.25) is 0 Å². The molecule has 5 nitrogen and oxygen atoms in total. The van der Waals surface area contributed by atoms with E-state index in [0.29, 0.717) is 11.4 Å². The van der Waals surface area contributed by atoms with E-state index < -0.39 is 0 Å². The van der Waals surface area contributed by atoms with Crippen LogP contribution in [0, 0.1) is 5.92 Å². The molecule has 1 heterocycles. The van der Waals surface area contributed by atoms with Crippen molar-refractivity contribution in [1.82, 2.24) is 10.2 Å². The molecule has 0 aliphatic heterocycles. The number of carbonyl (C=O) groups is 2. The van der Waals surface area contributed by atoms with Crippen LogP contribution in [0.5, 0.6) is 0 Å². The lowest BCUT2D eigenvalue weighted by Crippen LogP contribution is -2.37. The number of thiophene rings is 1. The van der Waals surface area contributed by atoms with Crippen molar-refractivity contribution in [2.45, 2.75) is 25.8 Å². The molecule has 1 fully saturated rings. The molecule has 0 bridgehead atoms. The molecule has 0 radical (unpaired) electrons. The van der Waals surface area contributed by atoms with Crippen molar-refractivity contribution in [3.8, 4) is 0 Å². The highest BCUT2D eigenvalue weighted by Gasteiger charge is 2.29. The molecule has 1 aliphatic carbocycles. The molecule has 0 spiro atoms. The van der Waals surface area contributed by atoms with Gasteiger partial charge in [0, 0.05) is 18.5 Å². The van der Waals surface area contributed by atoms with Crippen LogP contribution in [-0.2, 0) is 4.79 Å². The van der Waals surface area contributed by atoms with Gasteiger partial charge in [-0.15, -0.1) is 11.3 Å². The Bertz CT molecular complexity index is 494. The number of anilines is 1. The number of likely N-dealkylation sites (N-methyl/N-ethyl adjacent to an activating group) is 1. The molecule has 1 saturated carbocycles. The quantitative estimate of drug-likeness (QED) is 0.841. The Labute approximate surface area is 123 Å². The summed E-state index contributed by atoms with van der Waals surface area (Å²) in [6, 6.07) is 3.82. The molecule has 1 aliphatic rings. The molecule has 1 aromatic rings. The first-order valence-electron chi connectivity index (χ1n) is 6.82. The zero-order valence-electron chi connectivity index (χ0n) is 12.1. The maximum absolute atomic E-state index is 12.0. The molecule has 1 aromatic heterocycles. The predicted molar refractivity (Wildman–Crippen MR) is 81.2 cm³/mol. The third kappa shape index (κ3) is 4.05. The van der Waals surface area contributed by atoms with E-state index in [1.807, 2.05) is 14.1 Å². The lowest BCUT2D eigenvalue weighted by atomic mass is 10.3. The fourth-order valence-electron chi connectivity index (χ4n) is 1.61. The number of amides is 2. The van der Waals surface area contributed by atoms with Gasteiger partial charge in [-0.1, -0.05) is 0 Å². The van der Waals surface area contributed by atoms with Crippen LogP contribution in [0.4, 0.5) is 5.00 Å². The zero-order chi connectivity index (χ0) is 14.7. The van der Waals surface area contributed by atoms with Gasteiger partial charge in [0.05, 0.1) is 9.88 Å². The molecule has 0 saturated heterocycles. The fourth-order valence-corrected chi connectivity index (χ4v) is 2.43. The van der Waals surface area contributed by atoms with Crippen molar-refractivity contribution in [1.29, 1.82) is 0 Å². The van der Waals surface area contributed by atoms with Gasteiger partial charge in [-0.3, -0.25) is 9.59 Å². The van der Waals surface area contributed by atoms with Gasteiger partial charge in [0.15, 0.2) is 0 Å². The highest BCUT2D eigenvalue weighted by atomic mass is 32.1. The molecule has 2 rings (SSSR count). The number of hydrogen-bond donors (Lipinski definition) is 2. The van der Waals surface area contributed by atoms with Gasteiger partial charge in [-0.2, -0.15) is 0 Å². The molecule has 6 heteroatoms. The van der Waals surface area contributed by atoms with Gasteiger partial charge in [-0.05, 0) is 46.0 Å². The topological polar surface area (TPSA) is 61.4 Å². The van der Waals surface area contributed by atoms with E-state index in [4.69, 9.17) is 0 Å². The molecule has 2 amide bonds. The molecular weight excluding hydrogens is 274 g/mol. The standard InChI is InChI=1S/C14H21N3O2S/c1-9(17(2)3)8-15-14(19)11-6-7-12(20-11)16-13(18)10-4-5-10/h6-7,9-10H,4-5,8H2,1-3H3,(H,15,19)(H,16,18)/t9-/m1/s1. The third-order valence-corrected chi connectivity index (χ3v) is 4.46. The summed E-state index contributed by atoms with van der Waals surface area (Å²) in [6.45, 7) is 2.66. The Hall–Kier alpha value is -1.40. The summed E-state index contributed by atoms with van der Waals surface area (Å²) in [5, 5.41) is 6.50. The molecule has 20 heavy (non-hydrogen) atoms. The van der Waals surface area contributed by atoms with Crippen molar-refractivity contribution in [2.75, 3.05) is 26.0 Å². The smallest absolute Gasteiger partial charge is 0.261 e. The minimum absolute atomic E-state index is 0.0695. The van der Waals surface area contributed by atoms with Crippen LogP contribution >= 0.6 is 11.3 Å². The van der Waals surface area contributed by atoms with Crippen molar-refractivity contribution in [2.24, 2.45) is 5.92 Å². The zero-order valence-corrected chi connectivity index (χ0v) is 12.9. The summed E-state index contributed by atoms with van der Waals surface area (Å²) in [5.74, 6) is 0.158. The number of nitrogens with zero attached hydrogens (tertiary/aromatic N) is 1. The number of carbonyl (C=O) groups excluding carboxylic acids is 2. The summed E-state index contributed by atoms with van der Waals surface area (Å²) >= 11 is 1.32. The predicted octanol–water partition coefficient (Wildman–Crippen LogP) is 1.78. The Balaban J connectivity index is 1.84. The van der Waals surface area contributed by atoms with Gasteiger partial charge >= 0.3 is 0 Å². The lowest BCUT2D eigenvalue weighted by molar-refractivity contribution is -0.117. The van der Waals surface area contributed by atoms with E-state index >= 15 is 0 Å². The highest BCUT2D eigenvalue weighted by molar-refractivity contribution is 7.18. The van der Waals surface area contributed by atoms with Gasteiger partial charge in [-0.25, -0.2) is 0 Å². The van der Waals surface area contributed by atoms with Gasteiger partial charge in [0.25, 0.3) is 5.91 Å². The van der Waals surface area contributed by atoms with E-state index in [1.54, 1.807) is 12.1 Å². The average Bonchev–Trinajstić information content (AvgIpc) is 3.16. The average molecular weight is 295 g/mol. The highest BCUT2D eigenvalue weighted by Crippen LogP contribution is 2.31. The Kier molecular flexibility index (Phi) is 4.77. The maximum Gasteiger partial charge on any atom is 0.261 e. The molecule has 2 N–H and O–H groups in total. The van der Waals surface area contributed by atoms with E-state index in [1.165, 1.54) is 11.3 Å². The molecule has 110 valence electrons. The fraction of sp³-hybridized carbons (Fsp3) is 0.571. The molecule has 0 unspecified atom stereocenters. The normalized spacial score (nSPS) is 16.0. The first-order chi connectivity index (χ1) is 9.47. The Morgan fingerprint density at radius 3 is 2.70 bits per heavy atom. The molecular formula is C14H21N3O2S. The SMILES string of the molecule is C[C@H](CNC(=O)c1ccc(NC(=O)C2CC2)s1)N(C)C. The van der Waals surface area contributed by atoms with Crippen molar-refractivity contribution >= 4 is 28.2 Å².